The minimum Gasteiger partial charge on any atom is -0.320 e. The number of carbonyl (C=O) groups excluding carboxylic acids is 1. The molecule has 0 aliphatic rings. The minimum absolute atomic E-state index is 0.260. The number of carbonyl (C=O) groups is 1. The van der Waals surface area contributed by atoms with Crippen LogP contribution in [0.15, 0.2) is 37.4 Å². The number of nitrogens with one attached hydrogen (secondary N) is 1. The standard InChI is InChI=1S/C13H12N4O/c1-3-11-12(5-4-6-15-11)17-13(18)10-7-14-8-16-9(10)2/h3-8H,1H2,2H3,(H,17,18). The van der Waals surface area contributed by atoms with E-state index < -0.39 is 0 Å². The van der Waals surface area contributed by atoms with Crippen molar-refractivity contribution >= 4 is 17.7 Å². The van der Waals surface area contributed by atoms with E-state index in [1.54, 1.807) is 31.3 Å². The fourth-order valence-corrected chi connectivity index (χ4v) is 1.49. The molecule has 5 heteroatoms. The number of aryl methyl sites for hydroxylation is 1. The van der Waals surface area contributed by atoms with Crippen molar-refractivity contribution in [2.24, 2.45) is 0 Å². The molecule has 2 aromatic rings. The van der Waals surface area contributed by atoms with Crippen LogP contribution in [0.4, 0.5) is 5.69 Å². The van der Waals surface area contributed by atoms with Crippen LogP contribution in [0.25, 0.3) is 6.08 Å². The summed E-state index contributed by atoms with van der Waals surface area (Å²) in [7, 11) is 0. The maximum Gasteiger partial charge on any atom is 0.259 e. The maximum absolute atomic E-state index is 12.0. The molecule has 0 aromatic carbocycles. The minimum atomic E-state index is -0.260. The van der Waals surface area contributed by atoms with E-state index in [-0.39, 0.29) is 5.91 Å². The van der Waals surface area contributed by atoms with Crippen molar-refractivity contribution in [3.63, 3.8) is 0 Å². The molecule has 90 valence electrons. The Kier molecular flexibility index (Phi) is 3.43. The lowest BCUT2D eigenvalue weighted by Crippen LogP contribution is -2.15. The van der Waals surface area contributed by atoms with Crippen LogP contribution in [0.1, 0.15) is 21.7 Å². The van der Waals surface area contributed by atoms with Gasteiger partial charge >= 0.3 is 0 Å². The van der Waals surface area contributed by atoms with Crippen LogP contribution < -0.4 is 5.32 Å². The summed E-state index contributed by atoms with van der Waals surface area (Å²) in [5, 5.41) is 2.77. The van der Waals surface area contributed by atoms with E-state index in [9.17, 15) is 4.79 Å². The second-order valence-electron chi connectivity index (χ2n) is 3.62. The number of anilines is 1. The lowest BCUT2D eigenvalue weighted by atomic mass is 10.2. The number of nitrogens with zero attached hydrogens (tertiary/aromatic N) is 3. The van der Waals surface area contributed by atoms with Gasteiger partial charge in [-0.25, -0.2) is 9.97 Å². The highest BCUT2D eigenvalue weighted by atomic mass is 16.1. The van der Waals surface area contributed by atoms with Gasteiger partial charge in [0.15, 0.2) is 0 Å². The molecular weight excluding hydrogens is 228 g/mol. The lowest BCUT2D eigenvalue weighted by molar-refractivity contribution is 0.102. The molecule has 0 atom stereocenters. The van der Waals surface area contributed by atoms with Crippen molar-refractivity contribution in [1.29, 1.82) is 0 Å². The Morgan fingerprint density at radius 2 is 2.28 bits per heavy atom. The van der Waals surface area contributed by atoms with Crippen molar-refractivity contribution in [3.05, 3.63) is 54.4 Å². The van der Waals surface area contributed by atoms with Gasteiger partial charge in [-0.2, -0.15) is 0 Å². The summed E-state index contributed by atoms with van der Waals surface area (Å²) in [5.41, 5.74) is 2.31. The Bertz CT molecular complexity index is 595. The van der Waals surface area contributed by atoms with E-state index in [2.05, 4.69) is 26.8 Å². The molecule has 0 bridgehead atoms. The molecule has 1 amide bonds. The van der Waals surface area contributed by atoms with Gasteiger partial charge in [-0.1, -0.05) is 6.58 Å². The molecular formula is C13H12N4O. The SMILES string of the molecule is C=Cc1ncccc1NC(=O)c1cncnc1C. The molecule has 0 spiro atoms. The van der Waals surface area contributed by atoms with Crippen molar-refractivity contribution in [2.75, 3.05) is 5.32 Å². The summed E-state index contributed by atoms with van der Waals surface area (Å²) >= 11 is 0. The lowest BCUT2D eigenvalue weighted by Gasteiger charge is -2.08. The first kappa shape index (κ1) is 11.9. The van der Waals surface area contributed by atoms with Gasteiger partial charge in [0.1, 0.15) is 6.33 Å². The molecule has 1 N–H and O–H groups in total. The highest BCUT2D eigenvalue weighted by Crippen LogP contribution is 2.14. The summed E-state index contributed by atoms with van der Waals surface area (Å²) in [5.74, 6) is -0.260. The fourth-order valence-electron chi connectivity index (χ4n) is 1.49. The van der Waals surface area contributed by atoms with Crippen LogP contribution in [0.2, 0.25) is 0 Å². The monoisotopic (exact) mass is 240 g/mol. The van der Waals surface area contributed by atoms with Crippen LogP contribution in [0.3, 0.4) is 0 Å². The van der Waals surface area contributed by atoms with Gasteiger partial charge in [-0.3, -0.25) is 9.78 Å². The van der Waals surface area contributed by atoms with Gasteiger partial charge in [-0.05, 0) is 25.1 Å². The van der Waals surface area contributed by atoms with Crippen molar-refractivity contribution in [2.45, 2.75) is 6.92 Å². The molecule has 0 radical (unpaired) electrons. The quantitative estimate of drug-likeness (QED) is 0.891. The average Bonchev–Trinajstić information content (AvgIpc) is 2.39. The van der Waals surface area contributed by atoms with Gasteiger partial charge in [0.05, 0.1) is 22.6 Å². The first-order valence-corrected chi connectivity index (χ1v) is 5.38. The number of pyridine rings is 1. The van der Waals surface area contributed by atoms with Gasteiger partial charge in [0, 0.05) is 12.4 Å². The summed E-state index contributed by atoms with van der Waals surface area (Å²) in [4.78, 5) is 24.0. The van der Waals surface area contributed by atoms with Gasteiger partial charge in [0.25, 0.3) is 5.91 Å². The predicted molar refractivity (Wildman–Crippen MR) is 69.1 cm³/mol. The number of amides is 1. The second kappa shape index (κ2) is 5.18. The maximum atomic E-state index is 12.0. The zero-order valence-corrected chi connectivity index (χ0v) is 9.92. The normalized spacial score (nSPS) is 9.83. The third kappa shape index (κ3) is 2.40. The van der Waals surface area contributed by atoms with Crippen molar-refractivity contribution in [1.82, 2.24) is 15.0 Å². The van der Waals surface area contributed by atoms with Crippen LogP contribution in [-0.4, -0.2) is 20.9 Å². The van der Waals surface area contributed by atoms with E-state index in [1.165, 1.54) is 12.5 Å². The highest BCUT2D eigenvalue weighted by Gasteiger charge is 2.11. The number of hydrogen-bond acceptors (Lipinski definition) is 4. The van der Waals surface area contributed by atoms with Crippen LogP contribution >= 0.6 is 0 Å². The Balaban J connectivity index is 2.27. The molecule has 5 nitrogen and oxygen atoms in total. The van der Waals surface area contributed by atoms with Crippen LogP contribution in [-0.2, 0) is 0 Å². The van der Waals surface area contributed by atoms with Crippen LogP contribution in [0, 0.1) is 6.92 Å². The zero-order valence-electron chi connectivity index (χ0n) is 9.92. The van der Waals surface area contributed by atoms with Gasteiger partial charge < -0.3 is 5.32 Å². The summed E-state index contributed by atoms with van der Waals surface area (Å²) in [6.07, 6.45) is 6.13. The fraction of sp³-hybridized carbons (Fsp3) is 0.0769. The molecule has 2 rings (SSSR count). The van der Waals surface area contributed by atoms with Crippen LogP contribution in [0.5, 0.6) is 0 Å². The summed E-state index contributed by atoms with van der Waals surface area (Å²) < 4.78 is 0. The number of aromatic nitrogens is 3. The van der Waals surface area contributed by atoms with Gasteiger partial charge in [0.2, 0.25) is 0 Å². The molecule has 0 aliphatic carbocycles. The van der Waals surface area contributed by atoms with E-state index in [1.807, 2.05) is 0 Å². The van der Waals surface area contributed by atoms with E-state index in [0.29, 0.717) is 22.6 Å². The average molecular weight is 240 g/mol. The molecule has 2 heterocycles. The van der Waals surface area contributed by atoms with Crippen molar-refractivity contribution in [3.8, 4) is 0 Å². The largest absolute Gasteiger partial charge is 0.320 e. The molecule has 0 saturated carbocycles. The Hall–Kier alpha value is -2.56. The highest BCUT2D eigenvalue weighted by molar-refractivity contribution is 6.05. The first-order chi connectivity index (χ1) is 8.72. The third-order valence-corrected chi connectivity index (χ3v) is 2.44. The molecule has 2 aromatic heterocycles. The zero-order chi connectivity index (χ0) is 13.0. The molecule has 0 saturated heterocycles. The summed E-state index contributed by atoms with van der Waals surface area (Å²) in [6, 6.07) is 3.51. The Labute approximate surface area is 105 Å². The van der Waals surface area contributed by atoms with E-state index in [4.69, 9.17) is 0 Å². The second-order valence-corrected chi connectivity index (χ2v) is 3.62. The van der Waals surface area contributed by atoms with E-state index >= 15 is 0 Å². The molecule has 0 unspecified atom stereocenters. The van der Waals surface area contributed by atoms with Crippen molar-refractivity contribution < 1.29 is 4.79 Å². The molecule has 0 fully saturated rings. The predicted octanol–water partition coefficient (Wildman–Crippen LogP) is 2.08. The first-order valence-electron chi connectivity index (χ1n) is 5.38. The smallest absolute Gasteiger partial charge is 0.259 e. The Morgan fingerprint density at radius 1 is 1.44 bits per heavy atom. The Morgan fingerprint density at radius 3 is 3.00 bits per heavy atom. The topological polar surface area (TPSA) is 67.8 Å². The summed E-state index contributed by atoms with van der Waals surface area (Å²) in [6.45, 7) is 5.41. The van der Waals surface area contributed by atoms with Gasteiger partial charge in [-0.15, -0.1) is 0 Å². The van der Waals surface area contributed by atoms with E-state index in [0.717, 1.165) is 0 Å². The molecule has 0 aliphatic heterocycles. The molecule has 18 heavy (non-hydrogen) atoms. The number of hydrogen-bond donors (Lipinski definition) is 1. The third-order valence-electron chi connectivity index (χ3n) is 2.44. The number of rotatable bonds is 3.